The molecular weight excluding hydrogens is 423 g/mol. The Hall–Kier alpha value is -2.45. The molecule has 0 N–H and O–H groups in total. The minimum absolute atomic E-state index is 0.107. The highest BCUT2D eigenvalue weighted by molar-refractivity contribution is 7.92. The van der Waals surface area contributed by atoms with E-state index >= 15 is 0 Å². The Morgan fingerprint density at radius 2 is 1.93 bits per heavy atom. The number of aryl methyl sites for hydroxylation is 1. The molecule has 0 bridgehead atoms. The summed E-state index contributed by atoms with van der Waals surface area (Å²) in [6, 6.07) is 11.7. The molecule has 158 valence electrons. The fourth-order valence-corrected chi connectivity index (χ4v) is 6.61. The molecule has 1 fully saturated rings. The zero-order valence-corrected chi connectivity index (χ0v) is 18.5. The third-order valence-corrected chi connectivity index (χ3v) is 8.77. The molecule has 0 amide bonds. The second-order valence-electron chi connectivity index (χ2n) is 7.39. The van der Waals surface area contributed by atoms with Crippen molar-refractivity contribution < 1.29 is 17.5 Å². The first kappa shape index (κ1) is 20.8. The van der Waals surface area contributed by atoms with Crippen LogP contribution < -0.4 is 9.64 Å². The first-order valence-corrected chi connectivity index (χ1v) is 12.2. The van der Waals surface area contributed by atoms with Crippen molar-refractivity contribution >= 4 is 26.3 Å². The van der Waals surface area contributed by atoms with Gasteiger partial charge < -0.3 is 9.64 Å². The van der Waals surface area contributed by atoms with Crippen LogP contribution in [0.2, 0.25) is 0 Å². The Kier molecular flexibility index (Phi) is 5.79. The van der Waals surface area contributed by atoms with Gasteiger partial charge in [-0.1, -0.05) is 18.2 Å². The van der Waals surface area contributed by atoms with E-state index in [9.17, 15) is 12.8 Å². The van der Waals surface area contributed by atoms with Gasteiger partial charge in [-0.3, -0.25) is 0 Å². The van der Waals surface area contributed by atoms with E-state index in [-0.39, 0.29) is 4.90 Å². The van der Waals surface area contributed by atoms with Crippen molar-refractivity contribution in [3.05, 3.63) is 59.2 Å². The van der Waals surface area contributed by atoms with Crippen molar-refractivity contribution in [2.45, 2.75) is 29.9 Å². The highest BCUT2D eigenvalue weighted by atomic mass is 32.2. The molecule has 30 heavy (non-hydrogen) atoms. The van der Waals surface area contributed by atoms with Crippen molar-refractivity contribution in [3.63, 3.8) is 0 Å². The topological polar surface area (TPSA) is 59.5 Å². The molecule has 0 saturated carbocycles. The predicted octanol–water partition coefficient (Wildman–Crippen LogP) is 4.71. The molecule has 0 unspecified atom stereocenters. The van der Waals surface area contributed by atoms with Crippen LogP contribution in [-0.4, -0.2) is 38.9 Å². The van der Waals surface area contributed by atoms with Crippen molar-refractivity contribution in [1.82, 2.24) is 4.98 Å². The molecule has 3 aromatic rings. The average molecular weight is 447 g/mol. The zero-order valence-electron chi connectivity index (χ0n) is 16.8. The molecule has 1 aromatic heterocycles. The second kappa shape index (κ2) is 8.35. The monoisotopic (exact) mass is 446 g/mol. The van der Waals surface area contributed by atoms with Crippen LogP contribution in [0.5, 0.6) is 5.75 Å². The van der Waals surface area contributed by atoms with E-state index in [2.05, 4.69) is 4.90 Å². The molecule has 1 aliphatic heterocycles. The van der Waals surface area contributed by atoms with Gasteiger partial charge in [0, 0.05) is 24.0 Å². The molecule has 0 atom stereocenters. The number of ether oxygens (including phenoxy) is 1. The number of aromatic nitrogens is 1. The maximum absolute atomic E-state index is 13.6. The van der Waals surface area contributed by atoms with E-state index in [1.165, 1.54) is 12.1 Å². The molecule has 0 radical (unpaired) electrons. The lowest BCUT2D eigenvalue weighted by Crippen LogP contribution is -2.39. The lowest BCUT2D eigenvalue weighted by Gasteiger charge is -2.31. The number of thiazole rings is 1. The summed E-state index contributed by atoms with van der Waals surface area (Å²) in [7, 11) is -1.93. The van der Waals surface area contributed by atoms with E-state index in [1.807, 2.05) is 29.6 Å². The van der Waals surface area contributed by atoms with Gasteiger partial charge in [-0.2, -0.15) is 0 Å². The summed E-state index contributed by atoms with van der Waals surface area (Å²) in [5.41, 5.74) is 2.44. The number of rotatable bonds is 5. The minimum Gasteiger partial charge on any atom is -0.497 e. The van der Waals surface area contributed by atoms with Gasteiger partial charge in [0.05, 0.1) is 22.9 Å². The van der Waals surface area contributed by atoms with Crippen molar-refractivity contribution in [2.75, 3.05) is 25.1 Å². The van der Waals surface area contributed by atoms with E-state index in [1.54, 1.807) is 25.4 Å². The Morgan fingerprint density at radius 3 is 2.67 bits per heavy atom. The van der Waals surface area contributed by atoms with Crippen LogP contribution in [-0.2, 0) is 9.84 Å². The third-order valence-electron chi connectivity index (χ3n) is 5.47. The summed E-state index contributed by atoms with van der Waals surface area (Å²) in [5.74, 6) is 0.255. The fourth-order valence-electron chi connectivity index (χ4n) is 3.74. The Labute approximate surface area is 180 Å². The summed E-state index contributed by atoms with van der Waals surface area (Å²) in [6.07, 6.45) is 0.985. The minimum atomic E-state index is -3.56. The van der Waals surface area contributed by atoms with Crippen molar-refractivity contribution in [2.24, 2.45) is 0 Å². The highest BCUT2D eigenvalue weighted by Gasteiger charge is 2.33. The molecule has 2 aromatic carbocycles. The quantitative estimate of drug-likeness (QED) is 0.568. The Morgan fingerprint density at radius 1 is 1.17 bits per heavy atom. The predicted molar refractivity (Wildman–Crippen MR) is 118 cm³/mol. The van der Waals surface area contributed by atoms with Gasteiger partial charge in [0.1, 0.15) is 11.6 Å². The van der Waals surface area contributed by atoms with Crippen LogP contribution >= 0.6 is 11.3 Å². The number of methoxy groups -OCH3 is 1. The number of sulfone groups is 1. The number of hydrogen-bond donors (Lipinski definition) is 0. The summed E-state index contributed by atoms with van der Waals surface area (Å²) in [6.45, 7) is 2.91. The second-order valence-corrected chi connectivity index (χ2v) is 10.4. The number of hydrogen-bond acceptors (Lipinski definition) is 6. The average Bonchev–Trinajstić information content (AvgIpc) is 3.26. The smallest absolute Gasteiger partial charge is 0.185 e. The zero-order chi connectivity index (χ0) is 21.3. The van der Waals surface area contributed by atoms with Crippen LogP contribution in [0.1, 0.15) is 18.4 Å². The van der Waals surface area contributed by atoms with Crippen LogP contribution in [0, 0.1) is 12.7 Å². The molecule has 1 saturated heterocycles. The van der Waals surface area contributed by atoms with Gasteiger partial charge in [0.15, 0.2) is 15.0 Å². The van der Waals surface area contributed by atoms with E-state index < -0.39 is 20.9 Å². The third kappa shape index (κ3) is 4.06. The van der Waals surface area contributed by atoms with Gasteiger partial charge in [0.25, 0.3) is 0 Å². The number of anilines is 1. The Balaban J connectivity index is 1.47. The molecule has 5 nitrogen and oxygen atoms in total. The van der Waals surface area contributed by atoms with Crippen LogP contribution in [0.3, 0.4) is 0 Å². The Bertz CT molecular complexity index is 1150. The number of benzene rings is 2. The summed E-state index contributed by atoms with van der Waals surface area (Å²) >= 11 is 1.55. The molecular formula is C22H23FN2O3S2. The van der Waals surface area contributed by atoms with E-state index in [0.29, 0.717) is 31.5 Å². The maximum Gasteiger partial charge on any atom is 0.185 e. The van der Waals surface area contributed by atoms with E-state index in [0.717, 1.165) is 28.2 Å². The molecule has 0 spiro atoms. The highest BCUT2D eigenvalue weighted by Crippen LogP contribution is 2.33. The number of halogens is 1. The normalized spacial score (nSPS) is 15.4. The number of nitrogens with zero attached hydrogens (tertiary/aromatic N) is 2. The fraction of sp³-hybridized carbons (Fsp3) is 0.318. The molecule has 4 rings (SSSR count). The standard InChI is InChI=1S/C22H23FN2O3S2/c1-15-6-7-17(23)13-21(15)30(26,27)19-8-10-25(11-9-19)22-24-20(14-29-22)16-4-3-5-18(12-16)28-2/h3-7,12-14,19H,8-11H2,1-2H3. The van der Waals surface area contributed by atoms with Gasteiger partial charge in [-0.15, -0.1) is 11.3 Å². The van der Waals surface area contributed by atoms with Crippen LogP contribution in [0.25, 0.3) is 11.3 Å². The summed E-state index contributed by atoms with van der Waals surface area (Å²) in [5, 5.41) is 2.38. The van der Waals surface area contributed by atoms with Gasteiger partial charge >= 0.3 is 0 Å². The summed E-state index contributed by atoms with van der Waals surface area (Å²) < 4.78 is 45.0. The maximum atomic E-state index is 13.6. The van der Waals surface area contributed by atoms with Gasteiger partial charge in [-0.25, -0.2) is 17.8 Å². The molecule has 2 heterocycles. The lowest BCUT2D eigenvalue weighted by molar-refractivity contribution is 0.415. The lowest BCUT2D eigenvalue weighted by atomic mass is 10.1. The van der Waals surface area contributed by atoms with Gasteiger partial charge in [-0.05, 0) is 49.6 Å². The SMILES string of the molecule is COc1cccc(-c2csc(N3CCC(S(=O)(=O)c4cc(F)ccc4C)CC3)n2)c1. The molecule has 1 aliphatic rings. The largest absolute Gasteiger partial charge is 0.497 e. The van der Waals surface area contributed by atoms with Crippen molar-refractivity contribution in [3.8, 4) is 17.0 Å². The van der Waals surface area contributed by atoms with E-state index in [4.69, 9.17) is 9.72 Å². The van der Waals surface area contributed by atoms with Crippen LogP contribution in [0.4, 0.5) is 9.52 Å². The number of piperidine rings is 1. The molecule has 8 heteroatoms. The van der Waals surface area contributed by atoms with Gasteiger partial charge in [0.2, 0.25) is 0 Å². The molecule has 0 aliphatic carbocycles. The first-order valence-electron chi connectivity index (χ1n) is 9.73. The first-order chi connectivity index (χ1) is 14.4. The van der Waals surface area contributed by atoms with Crippen molar-refractivity contribution in [1.29, 1.82) is 0 Å². The van der Waals surface area contributed by atoms with Crippen LogP contribution in [0.15, 0.2) is 52.7 Å². The summed E-state index contributed by atoms with van der Waals surface area (Å²) in [4.78, 5) is 6.97.